The third kappa shape index (κ3) is 3.53. The fourth-order valence-corrected chi connectivity index (χ4v) is 5.49. The number of aromatic nitrogens is 4. The van der Waals surface area contributed by atoms with Gasteiger partial charge in [0, 0.05) is 36.3 Å². The zero-order chi connectivity index (χ0) is 21.6. The summed E-state index contributed by atoms with van der Waals surface area (Å²) >= 11 is 0. The van der Waals surface area contributed by atoms with E-state index in [1.54, 1.807) is 13.3 Å². The van der Waals surface area contributed by atoms with Crippen LogP contribution >= 0.6 is 0 Å². The van der Waals surface area contributed by atoms with E-state index in [-0.39, 0.29) is 5.41 Å². The molecule has 7 rings (SSSR count). The van der Waals surface area contributed by atoms with Crippen LogP contribution < -0.4 is 10.1 Å². The van der Waals surface area contributed by atoms with Crippen molar-refractivity contribution in [1.29, 1.82) is 0 Å². The van der Waals surface area contributed by atoms with Crippen molar-refractivity contribution in [1.82, 2.24) is 20.1 Å². The second-order valence-corrected chi connectivity index (χ2v) is 9.88. The molecule has 166 valence electrons. The SMILES string of the molecule is COc1cc(-c2ccnc(NCC34CCC(c5nc(C6CC6)no5)(CC3)CC4)c2)ccn1. The van der Waals surface area contributed by atoms with Gasteiger partial charge in [0.15, 0.2) is 5.82 Å². The summed E-state index contributed by atoms with van der Waals surface area (Å²) in [5.74, 6) is 3.93. The monoisotopic (exact) mass is 431 g/mol. The quantitative estimate of drug-likeness (QED) is 0.556. The molecule has 0 amide bonds. The number of anilines is 1. The Kier molecular flexibility index (Phi) is 4.66. The van der Waals surface area contributed by atoms with Crippen LogP contribution in [0.4, 0.5) is 5.82 Å². The predicted octanol–water partition coefficient (Wildman–Crippen LogP) is 5.12. The first-order chi connectivity index (χ1) is 15.7. The Labute approximate surface area is 188 Å². The summed E-state index contributed by atoms with van der Waals surface area (Å²) in [7, 11) is 1.64. The average molecular weight is 432 g/mol. The minimum absolute atomic E-state index is 0.112. The number of ether oxygens (including phenoxy) is 1. The van der Waals surface area contributed by atoms with Crippen LogP contribution in [0.2, 0.25) is 0 Å². The molecule has 1 N–H and O–H groups in total. The van der Waals surface area contributed by atoms with Gasteiger partial charge in [-0.1, -0.05) is 5.16 Å². The molecule has 0 aliphatic heterocycles. The zero-order valence-electron chi connectivity index (χ0n) is 18.5. The van der Waals surface area contributed by atoms with E-state index < -0.39 is 0 Å². The van der Waals surface area contributed by atoms with E-state index in [2.05, 4.69) is 26.5 Å². The molecule has 7 heteroatoms. The fourth-order valence-electron chi connectivity index (χ4n) is 5.49. The van der Waals surface area contributed by atoms with E-state index >= 15 is 0 Å². The van der Waals surface area contributed by atoms with Gasteiger partial charge in [0.2, 0.25) is 11.8 Å². The Morgan fingerprint density at radius 2 is 1.72 bits per heavy atom. The van der Waals surface area contributed by atoms with E-state index in [0.717, 1.165) is 54.5 Å². The van der Waals surface area contributed by atoms with Crippen molar-refractivity contribution >= 4 is 5.82 Å². The molecule has 4 aliphatic carbocycles. The molecule has 0 spiro atoms. The van der Waals surface area contributed by atoms with Crippen LogP contribution in [0.1, 0.15) is 69.0 Å². The first kappa shape index (κ1) is 19.7. The smallest absolute Gasteiger partial charge is 0.232 e. The summed E-state index contributed by atoms with van der Waals surface area (Å²) in [6, 6.07) is 8.08. The van der Waals surface area contributed by atoms with Gasteiger partial charge in [-0.3, -0.25) is 0 Å². The maximum absolute atomic E-state index is 5.76. The van der Waals surface area contributed by atoms with Crippen molar-refractivity contribution in [2.45, 2.75) is 62.7 Å². The van der Waals surface area contributed by atoms with Gasteiger partial charge < -0.3 is 14.6 Å². The minimum atomic E-state index is 0.112. The van der Waals surface area contributed by atoms with Gasteiger partial charge in [0.1, 0.15) is 5.82 Å². The van der Waals surface area contributed by atoms with E-state index in [9.17, 15) is 0 Å². The van der Waals surface area contributed by atoms with Crippen LogP contribution in [-0.4, -0.2) is 33.8 Å². The van der Waals surface area contributed by atoms with Gasteiger partial charge in [0.05, 0.1) is 7.11 Å². The van der Waals surface area contributed by atoms with Crippen LogP contribution in [0.3, 0.4) is 0 Å². The molecular formula is C25H29N5O2. The van der Waals surface area contributed by atoms with Crippen LogP contribution in [0, 0.1) is 5.41 Å². The van der Waals surface area contributed by atoms with Crippen molar-refractivity contribution in [2.75, 3.05) is 19.0 Å². The number of fused-ring (bicyclic) bond motifs is 3. The van der Waals surface area contributed by atoms with E-state index in [0.29, 0.717) is 17.2 Å². The van der Waals surface area contributed by atoms with E-state index in [1.165, 1.54) is 32.1 Å². The summed E-state index contributed by atoms with van der Waals surface area (Å²) in [5, 5.41) is 7.92. The van der Waals surface area contributed by atoms with Crippen molar-refractivity contribution in [2.24, 2.45) is 5.41 Å². The highest BCUT2D eigenvalue weighted by Crippen LogP contribution is 2.57. The minimum Gasteiger partial charge on any atom is -0.481 e. The Morgan fingerprint density at radius 1 is 1.00 bits per heavy atom. The normalized spacial score (nSPS) is 26.8. The second-order valence-electron chi connectivity index (χ2n) is 9.88. The second kappa shape index (κ2) is 7.57. The average Bonchev–Trinajstić information content (AvgIpc) is 3.60. The molecular weight excluding hydrogens is 402 g/mol. The summed E-state index contributed by atoms with van der Waals surface area (Å²) in [6.07, 6.45) is 13.1. The molecule has 0 unspecified atom stereocenters. The van der Waals surface area contributed by atoms with Crippen LogP contribution in [0.15, 0.2) is 41.2 Å². The molecule has 3 aromatic rings. The topological polar surface area (TPSA) is 86.0 Å². The number of nitrogens with one attached hydrogen (secondary N) is 1. The van der Waals surface area contributed by atoms with Crippen LogP contribution in [0.5, 0.6) is 5.88 Å². The standard InChI is InChI=1S/C25H29N5O2/c1-31-21-15-19(5-13-27-21)18-4-12-26-20(14-18)28-16-24-6-9-25(10-7-24,11-8-24)23-29-22(30-32-23)17-2-3-17/h4-5,12-15,17H,2-3,6-11,16H2,1H3,(H,26,28). The van der Waals surface area contributed by atoms with E-state index in [4.69, 9.17) is 14.2 Å². The molecule has 0 saturated heterocycles. The summed E-state index contributed by atoms with van der Waals surface area (Å²) < 4.78 is 11.0. The molecule has 0 atom stereocenters. The fraction of sp³-hybridized carbons (Fsp3) is 0.520. The Morgan fingerprint density at radius 3 is 2.44 bits per heavy atom. The number of hydrogen-bond acceptors (Lipinski definition) is 7. The number of pyridine rings is 2. The van der Waals surface area contributed by atoms with Gasteiger partial charge in [0.25, 0.3) is 0 Å². The zero-order valence-corrected chi connectivity index (χ0v) is 18.5. The lowest BCUT2D eigenvalue weighted by atomic mass is 9.53. The highest BCUT2D eigenvalue weighted by atomic mass is 16.5. The first-order valence-corrected chi connectivity index (χ1v) is 11.7. The molecule has 7 nitrogen and oxygen atoms in total. The van der Waals surface area contributed by atoms with Crippen molar-refractivity contribution < 1.29 is 9.26 Å². The van der Waals surface area contributed by atoms with Gasteiger partial charge in [-0.15, -0.1) is 0 Å². The van der Waals surface area contributed by atoms with Crippen LogP contribution in [-0.2, 0) is 5.41 Å². The molecule has 0 aromatic carbocycles. The third-order valence-electron chi connectivity index (χ3n) is 7.92. The number of methoxy groups -OCH3 is 1. The molecule has 4 aliphatic rings. The van der Waals surface area contributed by atoms with Gasteiger partial charge in [-0.05, 0) is 86.1 Å². The third-order valence-corrected chi connectivity index (χ3v) is 7.92. The van der Waals surface area contributed by atoms with Crippen molar-refractivity contribution in [3.8, 4) is 17.0 Å². The predicted molar refractivity (Wildman–Crippen MR) is 121 cm³/mol. The molecule has 3 heterocycles. The number of rotatable bonds is 7. The Balaban J connectivity index is 1.12. The number of hydrogen-bond donors (Lipinski definition) is 1. The largest absolute Gasteiger partial charge is 0.481 e. The lowest BCUT2D eigenvalue weighted by Gasteiger charge is -2.51. The first-order valence-electron chi connectivity index (χ1n) is 11.7. The molecule has 4 fully saturated rings. The molecule has 3 aromatic heterocycles. The molecule has 0 radical (unpaired) electrons. The molecule has 4 saturated carbocycles. The van der Waals surface area contributed by atoms with Crippen molar-refractivity contribution in [3.05, 3.63) is 48.4 Å². The lowest BCUT2D eigenvalue weighted by Crippen LogP contribution is -2.47. The van der Waals surface area contributed by atoms with Crippen molar-refractivity contribution in [3.63, 3.8) is 0 Å². The van der Waals surface area contributed by atoms with Gasteiger partial charge in [-0.2, -0.15) is 4.98 Å². The van der Waals surface area contributed by atoms with E-state index in [1.807, 2.05) is 24.4 Å². The lowest BCUT2D eigenvalue weighted by molar-refractivity contribution is 0.0321. The summed E-state index contributed by atoms with van der Waals surface area (Å²) in [6.45, 7) is 0.955. The number of nitrogens with zero attached hydrogens (tertiary/aromatic N) is 4. The Bertz CT molecular complexity index is 1100. The maximum Gasteiger partial charge on any atom is 0.232 e. The highest BCUT2D eigenvalue weighted by Gasteiger charge is 2.52. The molecule has 32 heavy (non-hydrogen) atoms. The maximum atomic E-state index is 5.76. The van der Waals surface area contributed by atoms with Crippen LogP contribution in [0.25, 0.3) is 11.1 Å². The highest BCUT2D eigenvalue weighted by molar-refractivity contribution is 5.66. The van der Waals surface area contributed by atoms with Gasteiger partial charge in [-0.25, -0.2) is 9.97 Å². The van der Waals surface area contributed by atoms with Gasteiger partial charge >= 0.3 is 0 Å². The Hall–Kier alpha value is -2.96. The molecule has 2 bridgehead atoms. The summed E-state index contributed by atoms with van der Waals surface area (Å²) in [5.41, 5.74) is 2.62. The summed E-state index contributed by atoms with van der Waals surface area (Å²) in [4.78, 5) is 13.6.